The lowest BCUT2D eigenvalue weighted by Gasteiger charge is -2.14. The van der Waals surface area contributed by atoms with Crippen LogP contribution in [0.2, 0.25) is 0 Å². The van der Waals surface area contributed by atoms with E-state index in [1.807, 2.05) is 13.8 Å². The first-order valence-corrected chi connectivity index (χ1v) is 9.93. The van der Waals surface area contributed by atoms with Gasteiger partial charge in [-0.25, -0.2) is 9.59 Å². The predicted octanol–water partition coefficient (Wildman–Crippen LogP) is 3.73. The van der Waals surface area contributed by atoms with Gasteiger partial charge in [-0.1, -0.05) is 26.7 Å². The van der Waals surface area contributed by atoms with Gasteiger partial charge in [0, 0.05) is 5.56 Å². The minimum Gasteiger partial charge on any atom is -0.504 e. The van der Waals surface area contributed by atoms with Gasteiger partial charge in [-0.05, 0) is 37.5 Å². The fraction of sp³-hybridized carbons (Fsp3) is 0.364. The molecule has 0 saturated carbocycles. The molecule has 9 heteroatoms. The van der Waals surface area contributed by atoms with Crippen molar-refractivity contribution >= 4 is 11.9 Å². The molecule has 0 aliphatic rings. The second kappa shape index (κ2) is 10.4. The van der Waals surface area contributed by atoms with Crippen molar-refractivity contribution in [3.8, 4) is 34.5 Å². The Balaban J connectivity index is 2.38. The average molecular weight is 434 g/mol. The van der Waals surface area contributed by atoms with Crippen molar-refractivity contribution in [2.24, 2.45) is 0 Å². The lowest BCUT2D eigenvalue weighted by Crippen LogP contribution is -2.13. The van der Waals surface area contributed by atoms with Gasteiger partial charge in [-0.3, -0.25) is 0 Å². The number of carbonyl (C=O) groups is 2. The maximum absolute atomic E-state index is 12.7. The largest absolute Gasteiger partial charge is 0.504 e. The molecule has 0 amide bonds. The van der Waals surface area contributed by atoms with E-state index in [2.05, 4.69) is 0 Å². The Morgan fingerprint density at radius 2 is 1.45 bits per heavy atom. The molecule has 0 radical (unpaired) electrons. The summed E-state index contributed by atoms with van der Waals surface area (Å²) in [5.41, 5.74) is -0.325. The summed E-state index contributed by atoms with van der Waals surface area (Å²) >= 11 is 0. The van der Waals surface area contributed by atoms with E-state index in [1.54, 1.807) is 0 Å². The van der Waals surface area contributed by atoms with Crippen molar-refractivity contribution in [1.29, 1.82) is 0 Å². The molecule has 31 heavy (non-hydrogen) atoms. The van der Waals surface area contributed by atoms with Gasteiger partial charge in [-0.2, -0.15) is 0 Å². The molecule has 0 atom stereocenters. The standard InChI is InChI=1S/C22H26O9/c1-3-5-7-13-14(11-16(24)20(27)18(13)25)22(29)31-17-10-12(9-15(23)19(17)26)21(28)30-8-6-4-2/h9-11,23-27H,3-8H2,1-2H3. The molecular formula is C22H26O9. The first-order chi connectivity index (χ1) is 14.7. The van der Waals surface area contributed by atoms with Crippen molar-refractivity contribution in [2.75, 3.05) is 6.61 Å². The van der Waals surface area contributed by atoms with Crippen LogP contribution >= 0.6 is 0 Å². The molecule has 0 unspecified atom stereocenters. The maximum atomic E-state index is 12.7. The molecule has 0 aliphatic carbocycles. The van der Waals surface area contributed by atoms with Crippen molar-refractivity contribution in [2.45, 2.75) is 46.0 Å². The Hall–Kier alpha value is -3.62. The Morgan fingerprint density at radius 1 is 0.806 bits per heavy atom. The summed E-state index contributed by atoms with van der Waals surface area (Å²) in [7, 11) is 0. The number of carbonyl (C=O) groups excluding carboxylic acids is 2. The highest BCUT2D eigenvalue weighted by molar-refractivity contribution is 5.96. The molecule has 2 aromatic carbocycles. The molecule has 2 rings (SSSR count). The summed E-state index contributed by atoms with van der Waals surface area (Å²) in [4.78, 5) is 24.9. The predicted molar refractivity (Wildman–Crippen MR) is 110 cm³/mol. The van der Waals surface area contributed by atoms with E-state index in [9.17, 15) is 35.1 Å². The van der Waals surface area contributed by atoms with Crippen LogP contribution in [0.1, 0.15) is 65.8 Å². The summed E-state index contributed by atoms with van der Waals surface area (Å²) in [5, 5.41) is 49.7. The summed E-state index contributed by atoms with van der Waals surface area (Å²) < 4.78 is 10.2. The Labute approximate surface area is 179 Å². The molecule has 168 valence electrons. The van der Waals surface area contributed by atoms with Crippen LogP contribution in [0.3, 0.4) is 0 Å². The molecule has 9 nitrogen and oxygen atoms in total. The molecule has 0 bridgehead atoms. The molecule has 5 N–H and O–H groups in total. The van der Waals surface area contributed by atoms with Crippen molar-refractivity contribution in [3.05, 3.63) is 34.9 Å². The first-order valence-electron chi connectivity index (χ1n) is 9.93. The van der Waals surface area contributed by atoms with E-state index < -0.39 is 46.4 Å². The van der Waals surface area contributed by atoms with Crippen LogP contribution in [0.5, 0.6) is 34.5 Å². The van der Waals surface area contributed by atoms with Gasteiger partial charge in [0.2, 0.25) is 11.5 Å². The Kier molecular flexibility index (Phi) is 7.95. The lowest BCUT2D eigenvalue weighted by atomic mass is 9.99. The zero-order chi connectivity index (χ0) is 23.1. The summed E-state index contributed by atoms with van der Waals surface area (Å²) in [6.07, 6.45) is 2.97. The first kappa shape index (κ1) is 23.7. The molecule has 0 aliphatic heterocycles. The monoisotopic (exact) mass is 434 g/mol. The van der Waals surface area contributed by atoms with Crippen LogP contribution in [-0.2, 0) is 11.2 Å². The Morgan fingerprint density at radius 3 is 2.10 bits per heavy atom. The van der Waals surface area contributed by atoms with E-state index in [1.165, 1.54) is 0 Å². The minimum absolute atomic E-state index is 0.0565. The van der Waals surface area contributed by atoms with E-state index in [-0.39, 0.29) is 29.7 Å². The SMILES string of the molecule is CCCCOC(=O)c1cc(O)c(O)c(OC(=O)c2cc(O)c(O)c(O)c2CCCC)c1. The van der Waals surface area contributed by atoms with E-state index in [4.69, 9.17) is 9.47 Å². The number of unbranched alkanes of at least 4 members (excludes halogenated alkanes) is 2. The molecule has 0 aromatic heterocycles. The van der Waals surface area contributed by atoms with E-state index in [0.717, 1.165) is 31.0 Å². The van der Waals surface area contributed by atoms with Gasteiger partial charge >= 0.3 is 11.9 Å². The topological polar surface area (TPSA) is 154 Å². The fourth-order valence-corrected chi connectivity index (χ4v) is 2.81. The zero-order valence-electron chi connectivity index (χ0n) is 17.3. The summed E-state index contributed by atoms with van der Waals surface area (Å²) in [6, 6.07) is 2.95. The van der Waals surface area contributed by atoms with E-state index in [0.29, 0.717) is 12.8 Å². The van der Waals surface area contributed by atoms with Crippen molar-refractivity contribution in [3.63, 3.8) is 0 Å². The number of phenolic OH excluding ortho intramolecular Hbond substituents is 5. The highest BCUT2D eigenvalue weighted by atomic mass is 16.5. The van der Waals surface area contributed by atoms with Gasteiger partial charge in [0.15, 0.2) is 23.0 Å². The van der Waals surface area contributed by atoms with Crippen LogP contribution in [0, 0.1) is 0 Å². The highest BCUT2D eigenvalue weighted by Crippen LogP contribution is 2.42. The number of esters is 2. The fourth-order valence-electron chi connectivity index (χ4n) is 2.81. The molecule has 2 aromatic rings. The lowest BCUT2D eigenvalue weighted by molar-refractivity contribution is 0.0497. The third kappa shape index (κ3) is 5.50. The maximum Gasteiger partial charge on any atom is 0.344 e. The molecule has 0 heterocycles. The van der Waals surface area contributed by atoms with Gasteiger partial charge in [0.1, 0.15) is 0 Å². The number of phenols is 5. The quantitative estimate of drug-likeness (QED) is 0.172. The van der Waals surface area contributed by atoms with Crippen LogP contribution in [0.15, 0.2) is 18.2 Å². The number of hydrogen-bond acceptors (Lipinski definition) is 9. The van der Waals surface area contributed by atoms with E-state index >= 15 is 0 Å². The van der Waals surface area contributed by atoms with Gasteiger partial charge in [0.25, 0.3) is 0 Å². The smallest absolute Gasteiger partial charge is 0.344 e. The highest BCUT2D eigenvalue weighted by Gasteiger charge is 2.25. The zero-order valence-corrected chi connectivity index (χ0v) is 17.3. The average Bonchev–Trinajstić information content (AvgIpc) is 2.74. The minimum atomic E-state index is -1.08. The van der Waals surface area contributed by atoms with Crippen molar-refractivity contribution < 1.29 is 44.6 Å². The van der Waals surface area contributed by atoms with Crippen LogP contribution in [0.25, 0.3) is 0 Å². The van der Waals surface area contributed by atoms with Gasteiger partial charge in [-0.15, -0.1) is 0 Å². The van der Waals surface area contributed by atoms with Crippen LogP contribution in [0.4, 0.5) is 0 Å². The third-order valence-electron chi connectivity index (χ3n) is 4.58. The normalized spacial score (nSPS) is 10.6. The van der Waals surface area contributed by atoms with Gasteiger partial charge < -0.3 is 35.0 Å². The number of rotatable bonds is 9. The molecular weight excluding hydrogens is 408 g/mol. The van der Waals surface area contributed by atoms with Crippen molar-refractivity contribution in [1.82, 2.24) is 0 Å². The molecule has 0 spiro atoms. The number of ether oxygens (including phenoxy) is 2. The number of aromatic hydroxyl groups is 5. The van der Waals surface area contributed by atoms with Crippen LogP contribution < -0.4 is 4.74 Å². The third-order valence-corrected chi connectivity index (χ3v) is 4.58. The summed E-state index contributed by atoms with van der Waals surface area (Å²) in [6.45, 7) is 3.98. The number of hydrogen-bond donors (Lipinski definition) is 5. The second-order valence-electron chi connectivity index (χ2n) is 6.94. The molecule has 0 saturated heterocycles. The van der Waals surface area contributed by atoms with Gasteiger partial charge in [0.05, 0.1) is 17.7 Å². The summed E-state index contributed by atoms with van der Waals surface area (Å²) in [5.74, 6) is -5.99. The second-order valence-corrected chi connectivity index (χ2v) is 6.94. The molecule has 0 fully saturated rings. The number of benzene rings is 2. The Bertz CT molecular complexity index is 966. The van der Waals surface area contributed by atoms with Crippen LogP contribution in [-0.4, -0.2) is 44.1 Å².